The summed E-state index contributed by atoms with van der Waals surface area (Å²) in [4.78, 5) is 0. The van der Waals surface area contributed by atoms with Crippen LogP contribution in [-0.2, 0) is 6.42 Å². The maximum atomic E-state index is 13.7. The van der Waals surface area contributed by atoms with E-state index in [1.165, 1.54) is 30.3 Å². The fourth-order valence-corrected chi connectivity index (χ4v) is 2.16. The number of aliphatic hydroxyl groups excluding tert-OH is 1. The van der Waals surface area contributed by atoms with Crippen LogP contribution in [0.15, 0.2) is 36.4 Å². The average Bonchev–Trinajstić information content (AvgIpc) is 2.37. The SMILES string of the molecule is OC(Cc1ccc(F)c(Cl)c1)c1cccc(Cl)c1F. The Labute approximate surface area is 119 Å². The highest BCUT2D eigenvalue weighted by molar-refractivity contribution is 6.31. The Balaban J connectivity index is 2.23. The van der Waals surface area contributed by atoms with E-state index in [9.17, 15) is 13.9 Å². The van der Waals surface area contributed by atoms with E-state index in [0.29, 0.717) is 5.56 Å². The minimum atomic E-state index is -1.07. The summed E-state index contributed by atoms with van der Waals surface area (Å²) in [6, 6.07) is 8.52. The molecule has 0 heterocycles. The van der Waals surface area contributed by atoms with Crippen molar-refractivity contribution in [1.82, 2.24) is 0 Å². The molecule has 0 radical (unpaired) electrons. The Morgan fingerprint density at radius 3 is 2.47 bits per heavy atom. The summed E-state index contributed by atoms with van der Waals surface area (Å²) in [6.07, 6.45) is -0.947. The number of hydrogen-bond donors (Lipinski definition) is 1. The lowest BCUT2D eigenvalue weighted by Gasteiger charge is -2.13. The zero-order valence-electron chi connectivity index (χ0n) is 9.71. The van der Waals surface area contributed by atoms with Crippen LogP contribution in [0.25, 0.3) is 0 Å². The highest BCUT2D eigenvalue weighted by atomic mass is 35.5. The second-order valence-corrected chi connectivity index (χ2v) is 4.93. The van der Waals surface area contributed by atoms with Gasteiger partial charge in [-0.05, 0) is 23.8 Å². The molecule has 19 heavy (non-hydrogen) atoms. The topological polar surface area (TPSA) is 20.2 Å². The molecule has 0 spiro atoms. The van der Waals surface area contributed by atoms with Crippen molar-refractivity contribution >= 4 is 23.2 Å². The largest absolute Gasteiger partial charge is 0.388 e. The molecule has 2 aromatic rings. The minimum absolute atomic E-state index is 0.0312. The van der Waals surface area contributed by atoms with E-state index in [1.54, 1.807) is 6.07 Å². The molecule has 1 unspecified atom stereocenters. The fraction of sp³-hybridized carbons (Fsp3) is 0.143. The lowest BCUT2D eigenvalue weighted by molar-refractivity contribution is 0.173. The Morgan fingerprint density at radius 2 is 1.79 bits per heavy atom. The molecule has 5 heteroatoms. The molecule has 1 atom stereocenters. The molecule has 2 aromatic carbocycles. The zero-order chi connectivity index (χ0) is 14.0. The number of hydrogen-bond acceptors (Lipinski definition) is 1. The molecule has 0 aliphatic carbocycles. The van der Waals surface area contributed by atoms with Crippen LogP contribution in [0.4, 0.5) is 8.78 Å². The van der Waals surface area contributed by atoms with E-state index < -0.39 is 17.7 Å². The molecule has 0 aromatic heterocycles. The molecule has 0 aliphatic rings. The number of rotatable bonds is 3. The second-order valence-electron chi connectivity index (χ2n) is 4.11. The van der Waals surface area contributed by atoms with Crippen molar-refractivity contribution in [2.45, 2.75) is 12.5 Å². The lowest BCUT2D eigenvalue weighted by Crippen LogP contribution is -2.05. The monoisotopic (exact) mass is 302 g/mol. The van der Waals surface area contributed by atoms with Crippen molar-refractivity contribution in [2.24, 2.45) is 0 Å². The Kier molecular flexibility index (Phi) is 4.40. The van der Waals surface area contributed by atoms with Crippen molar-refractivity contribution in [1.29, 1.82) is 0 Å². The van der Waals surface area contributed by atoms with Gasteiger partial charge < -0.3 is 5.11 Å². The van der Waals surface area contributed by atoms with Gasteiger partial charge in [-0.25, -0.2) is 8.78 Å². The minimum Gasteiger partial charge on any atom is -0.388 e. The summed E-state index contributed by atoms with van der Waals surface area (Å²) in [5.41, 5.74) is 0.714. The van der Waals surface area contributed by atoms with Crippen molar-refractivity contribution in [3.63, 3.8) is 0 Å². The van der Waals surface area contributed by atoms with Crippen molar-refractivity contribution in [2.75, 3.05) is 0 Å². The molecule has 0 amide bonds. The quantitative estimate of drug-likeness (QED) is 0.882. The first-order valence-corrected chi connectivity index (χ1v) is 6.30. The van der Waals surface area contributed by atoms with Gasteiger partial charge in [0.1, 0.15) is 11.6 Å². The van der Waals surface area contributed by atoms with Gasteiger partial charge in [-0.2, -0.15) is 0 Å². The van der Waals surface area contributed by atoms with Crippen LogP contribution in [0, 0.1) is 11.6 Å². The smallest absolute Gasteiger partial charge is 0.147 e. The molecular formula is C14H10Cl2F2O. The van der Waals surface area contributed by atoms with Crippen molar-refractivity contribution < 1.29 is 13.9 Å². The van der Waals surface area contributed by atoms with Crippen LogP contribution in [0.2, 0.25) is 10.0 Å². The van der Waals surface area contributed by atoms with Crippen molar-refractivity contribution in [3.8, 4) is 0 Å². The summed E-state index contributed by atoms with van der Waals surface area (Å²) in [6.45, 7) is 0. The predicted molar refractivity (Wildman–Crippen MR) is 71.5 cm³/mol. The molecule has 0 saturated carbocycles. The summed E-state index contributed by atoms with van der Waals surface area (Å²) in [7, 11) is 0. The molecule has 1 N–H and O–H groups in total. The Bertz CT molecular complexity index is 602. The van der Waals surface area contributed by atoms with Gasteiger partial charge in [0.15, 0.2) is 0 Å². The maximum absolute atomic E-state index is 13.7. The van der Waals surface area contributed by atoms with Gasteiger partial charge in [0.05, 0.1) is 16.1 Å². The van der Waals surface area contributed by atoms with E-state index in [-0.39, 0.29) is 22.0 Å². The van der Waals surface area contributed by atoms with Gasteiger partial charge in [0.25, 0.3) is 0 Å². The normalized spacial score (nSPS) is 12.5. The van der Waals surface area contributed by atoms with Crippen LogP contribution < -0.4 is 0 Å². The first-order chi connectivity index (χ1) is 8.99. The van der Waals surface area contributed by atoms with Crippen LogP contribution in [0.1, 0.15) is 17.2 Å². The van der Waals surface area contributed by atoms with Gasteiger partial charge in [0, 0.05) is 12.0 Å². The van der Waals surface area contributed by atoms with E-state index in [2.05, 4.69) is 0 Å². The first-order valence-electron chi connectivity index (χ1n) is 5.55. The van der Waals surface area contributed by atoms with Gasteiger partial charge in [0.2, 0.25) is 0 Å². The van der Waals surface area contributed by atoms with Crippen LogP contribution in [-0.4, -0.2) is 5.11 Å². The number of benzene rings is 2. The third kappa shape index (κ3) is 3.24. The van der Waals surface area contributed by atoms with Crippen LogP contribution in [0.5, 0.6) is 0 Å². The molecule has 0 aliphatic heterocycles. The van der Waals surface area contributed by atoms with E-state index in [0.717, 1.165) is 0 Å². The Hall–Kier alpha value is -1.16. The molecule has 1 nitrogen and oxygen atoms in total. The first kappa shape index (κ1) is 14.3. The molecular weight excluding hydrogens is 293 g/mol. The third-order valence-corrected chi connectivity index (χ3v) is 3.34. The predicted octanol–water partition coefficient (Wildman–Crippen LogP) is 4.55. The van der Waals surface area contributed by atoms with Gasteiger partial charge in [-0.15, -0.1) is 0 Å². The van der Waals surface area contributed by atoms with E-state index in [1.807, 2.05) is 0 Å². The summed E-state index contributed by atoms with van der Waals surface area (Å²) in [5.74, 6) is -1.18. The number of aliphatic hydroxyl groups is 1. The average molecular weight is 303 g/mol. The summed E-state index contributed by atoms with van der Waals surface area (Å²) < 4.78 is 26.7. The highest BCUT2D eigenvalue weighted by Gasteiger charge is 2.16. The molecule has 0 fully saturated rings. The van der Waals surface area contributed by atoms with E-state index in [4.69, 9.17) is 23.2 Å². The van der Waals surface area contributed by atoms with Crippen molar-refractivity contribution in [3.05, 3.63) is 69.2 Å². The van der Waals surface area contributed by atoms with Gasteiger partial charge >= 0.3 is 0 Å². The number of halogens is 4. The van der Waals surface area contributed by atoms with Gasteiger partial charge in [-0.1, -0.05) is 41.4 Å². The molecule has 0 saturated heterocycles. The lowest BCUT2D eigenvalue weighted by atomic mass is 10.0. The third-order valence-electron chi connectivity index (χ3n) is 2.75. The standard InChI is InChI=1S/C14H10Cl2F2O/c15-10-3-1-2-9(14(10)18)13(19)7-8-4-5-12(17)11(16)6-8/h1-6,13,19H,7H2. The van der Waals surface area contributed by atoms with Crippen LogP contribution >= 0.6 is 23.2 Å². The maximum Gasteiger partial charge on any atom is 0.147 e. The van der Waals surface area contributed by atoms with Crippen LogP contribution in [0.3, 0.4) is 0 Å². The summed E-state index contributed by atoms with van der Waals surface area (Å²) >= 11 is 11.3. The molecule has 100 valence electrons. The summed E-state index contributed by atoms with van der Waals surface area (Å²) in [5, 5.41) is 9.93. The Morgan fingerprint density at radius 1 is 1.05 bits per heavy atom. The second kappa shape index (κ2) is 5.87. The molecule has 2 rings (SSSR count). The zero-order valence-corrected chi connectivity index (χ0v) is 11.2. The van der Waals surface area contributed by atoms with Gasteiger partial charge in [-0.3, -0.25) is 0 Å². The highest BCUT2D eigenvalue weighted by Crippen LogP contribution is 2.26. The molecule has 0 bridgehead atoms. The fourth-order valence-electron chi connectivity index (χ4n) is 1.78. The van der Waals surface area contributed by atoms with E-state index >= 15 is 0 Å².